The van der Waals surface area contributed by atoms with Crippen LogP contribution in [0.5, 0.6) is 0 Å². The van der Waals surface area contributed by atoms with E-state index >= 15 is 0 Å². The Labute approximate surface area is 118 Å². The van der Waals surface area contributed by atoms with E-state index in [1.165, 1.54) is 0 Å². The lowest BCUT2D eigenvalue weighted by molar-refractivity contribution is 0.0465. The molecule has 1 heterocycles. The molecule has 2 aromatic rings. The van der Waals surface area contributed by atoms with Crippen LogP contribution in [0.1, 0.15) is 18.4 Å². The Bertz CT molecular complexity index is 671. The van der Waals surface area contributed by atoms with Crippen LogP contribution in [0.3, 0.4) is 0 Å². The zero-order valence-electron chi connectivity index (χ0n) is 11.5. The number of pyridine rings is 1. The molecule has 0 radical (unpaired) electrons. The molecule has 4 nitrogen and oxygen atoms in total. The van der Waals surface area contributed by atoms with Crippen molar-refractivity contribution in [2.24, 2.45) is 5.92 Å². The van der Waals surface area contributed by atoms with Crippen LogP contribution in [0.2, 0.25) is 0 Å². The first kappa shape index (κ1) is 12.9. The number of aromatic nitrogens is 1. The van der Waals surface area contributed by atoms with Gasteiger partial charge in [0.1, 0.15) is 6.07 Å². The molecule has 1 aromatic carbocycles. The van der Waals surface area contributed by atoms with E-state index in [9.17, 15) is 10.4 Å². The second-order valence-corrected chi connectivity index (χ2v) is 5.52. The Morgan fingerprint density at radius 2 is 2.15 bits per heavy atom. The van der Waals surface area contributed by atoms with Gasteiger partial charge in [0.05, 0.1) is 22.9 Å². The maximum atomic E-state index is 9.39. The zero-order chi connectivity index (χ0) is 14.1. The van der Waals surface area contributed by atoms with E-state index in [1.807, 2.05) is 31.3 Å². The molecule has 0 bridgehead atoms. The molecule has 4 heteroatoms. The third kappa shape index (κ3) is 2.21. The Morgan fingerprint density at radius 3 is 2.85 bits per heavy atom. The van der Waals surface area contributed by atoms with E-state index in [4.69, 9.17) is 0 Å². The summed E-state index contributed by atoms with van der Waals surface area (Å²) < 4.78 is 0. The highest BCUT2D eigenvalue weighted by Gasteiger charge is 2.28. The molecular formula is C16H17N3O. The lowest BCUT2D eigenvalue weighted by Gasteiger charge is -2.35. The number of benzene rings is 1. The first-order chi connectivity index (χ1) is 9.69. The summed E-state index contributed by atoms with van der Waals surface area (Å²) in [5.41, 5.74) is 2.45. The highest BCUT2D eigenvalue weighted by Crippen LogP contribution is 2.33. The lowest BCUT2D eigenvalue weighted by atomic mass is 9.82. The van der Waals surface area contributed by atoms with Gasteiger partial charge in [-0.2, -0.15) is 5.26 Å². The smallest absolute Gasteiger partial charge is 0.103 e. The Morgan fingerprint density at radius 1 is 1.40 bits per heavy atom. The molecule has 0 saturated heterocycles. The fraction of sp³-hybridized carbons (Fsp3) is 0.375. The van der Waals surface area contributed by atoms with Gasteiger partial charge in [-0.3, -0.25) is 4.98 Å². The van der Waals surface area contributed by atoms with Crippen molar-refractivity contribution in [2.75, 3.05) is 18.5 Å². The van der Waals surface area contributed by atoms with Gasteiger partial charge in [-0.25, -0.2) is 0 Å². The minimum Gasteiger partial charge on any atom is -0.393 e. The largest absolute Gasteiger partial charge is 0.393 e. The number of aliphatic hydroxyl groups excluding tert-OH is 1. The molecule has 1 aliphatic carbocycles. The quantitative estimate of drug-likeness (QED) is 0.927. The molecule has 1 saturated carbocycles. The molecule has 0 amide bonds. The molecule has 20 heavy (non-hydrogen) atoms. The van der Waals surface area contributed by atoms with E-state index < -0.39 is 0 Å². The van der Waals surface area contributed by atoms with Gasteiger partial charge in [0.15, 0.2) is 0 Å². The molecule has 0 spiro atoms. The highest BCUT2D eigenvalue weighted by atomic mass is 16.3. The average molecular weight is 267 g/mol. The summed E-state index contributed by atoms with van der Waals surface area (Å²) >= 11 is 0. The topological polar surface area (TPSA) is 60.1 Å². The van der Waals surface area contributed by atoms with E-state index in [1.54, 1.807) is 6.20 Å². The number of hydrogen-bond donors (Lipinski definition) is 1. The van der Waals surface area contributed by atoms with Crippen LogP contribution in [0.25, 0.3) is 10.9 Å². The van der Waals surface area contributed by atoms with Gasteiger partial charge >= 0.3 is 0 Å². The number of nitriles is 1. The standard InChI is InChI=1S/C16H17N3O/c1-19(10-11-6-13(20)7-11)16-12(8-17)9-18-15-5-3-2-4-14(15)16/h2-5,9,11,13,20H,6-7,10H2,1H3. The van der Waals surface area contributed by atoms with Crippen molar-refractivity contribution in [3.05, 3.63) is 36.0 Å². The van der Waals surface area contributed by atoms with Crippen LogP contribution < -0.4 is 4.90 Å². The van der Waals surface area contributed by atoms with Gasteiger partial charge in [0, 0.05) is 25.2 Å². The number of aliphatic hydroxyl groups is 1. The Kier molecular flexibility index (Phi) is 3.29. The van der Waals surface area contributed by atoms with Crippen molar-refractivity contribution >= 4 is 16.6 Å². The maximum absolute atomic E-state index is 9.39. The van der Waals surface area contributed by atoms with E-state index in [2.05, 4.69) is 16.0 Å². The summed E-state index contributed by atoms with van der Waals surface area (Å²) in [5, 5.41) is 19.7. The van der Waals surface area contributed by atoms with E-state index in [0.29, 0.717) is 11.5 Å². The third-order valence-electron chi connectivity index (χ3n) is 3.99. The molecule has 1 fully saturated rings. The summed E-state index contributed by atoms with van der Waals surface area (Å²) in [6.45, 7) is 0.861. The summed E-state index contributed by atoms with van der Waals surface area (Å²) in [6.07, 6.45) is 3.21. The molecule has 0 aliphatic heterocycles. The van der Waals surface area contributed by atoms with Crippen molar-refractivity contribution in [3.63, 3.8) is 0 Å². The van der Waals surface area contributed by atoms with Crippen LogP contribution in [0.4, 0.5) is 5.69 Å². The fourth-order valence-corrected chi connectivity index (χ4v) is 2.95. The molecule has 102 valence electrons. The number of fused-ring (bicyclic) bond motifs is 1. The normalized spacial score (nSPS) is 21.2. The Hall–Kier alpha value is -2.12. The first-order valence-electron chi connectivity index (χ1n) is 6.86. The average Bonchev–Trinajstić information content (AvgIpc) is 2.44. The van der Waals surface area contributed by atoms with Crippen molar-refractivity contribution in [2.45, 2.75) is 18.9 Å². The summed E-state index contributed by atoms with van der Waals surface area (Å²) in [5.74, 6) is 0.508. The second kappa shape index (κ2) is 5.10. The number of hydrogen-bond acceptors (Lipinski definition) is 4. The summed E-state index contributed by atoms with van der Waals surface area (Å²) in [6, 6.07) is 10.1. The van der Waals surface area contributed by atoms with Crippen molar-refractivity contribution < 1.29 is 5.11 Å². The monoisotopic (exact) mass is 267 g/mol. The first-order valence-corrected chi connectivity index (χ1v) is 6.86. The molecular weight excluding hydrogens is 250 g/mol. The predicted molar refractivity (Wildman–Crippen MR) is 78.5 cm³/mol. The van der Waals surface area contributed by atoms with Gasteiger partial charge in [0.2, 0.25) is 0 Å². The minimum absolute atomic E-state index is 0.141. The lowest BCUT2D eigenvalue weighted by Crippen LogP contribution is -2.37. The molecule has 1 N–H and O–H groups in total. The predicted octanol–water partition coefficient (Wildman–Crippen LogP) is 2.31. The number of rotatable bonds is 3. The molecule has 0 unspecified atom stereocenters. The van der Waals surface area contributed by atoms with Gasteiger partial charge < -0.3 is 10.0 Å². The zero-order valence-corrected chi connectivity index (χ0v) is 11.5. The SMILES string of the molecule is CN(CC1CC(O)C1)c1c(C#N)cnc2ccccc12. The third-order valence-corrected chi connectivity index (χ3v) is 3.99. The maximum Gasteiger partial charge on any atom is 0.103 e. The van der Waals surface area contributed by atoms with Crippen LogP contribution in [0, 0.1) is 17.2 Å². The van der Waals surface area contributed by atoms with Gasteiger partial charge in [0.25, 0.3) is 0 Å². The van der Waals surface area contributed by atoms with Gasteiger partial charge in [-0.1, -0.05) is 18.2 Å². The van der Waals surface area contributed by atoms with Crippen LogP contribution in [0.15, 0.2) is 30.5 Å². The minimum atomic E-state index is -0.141. The molecule has 1 aromatic heterocycles. The Balaban J connectivity index is 1.98. The number of para-hydroxylation sites is 1. The number of anilines is 1. The van der Waals surface area contributed by atoms with Gasteiger partial charge in [-0.15, -0.1) is 0 Å². The van der Waals surface area contributed by atoms with Crippen molar-refractivity contribution in [3.8, 4) is 6.07 Å². The van der Waals surface area contributed by atoms with Crippen molar-refractivity contribution in [1.29, 1.82) is 5.26 Å². The van der Waals surface area contributed by atoms with Crippen LogP contribution in [-0.2, 0) is 0 Å². The number of nitrogens with zero attached hydrogens (tertiary/aromatic N) is 3. The van der Waals surface area contributed by atoms with E-state index in [-0.39, 0.29) is 6.10 Å². The summed E-state index contributed by atoms with van der Waals surface area (Å²) in [4.78, 5) is 6.46. The van der Waals surface area contributed by atoms with Crippen LogP contribution >= 0.6 is 0 Å². The molecule has 0 atom stereocenters. The molecule has 1 aliphatic rings. The fourth-order valence-electron chi connectivity index (χ4n) is 2.95. The van der Waals surface area contributed by atoms with E-state index in [0.717, 1.165) is 36.0 Å². The van der Waals surface area contributed by atoms with Crippen molar-refractivity contribution in [1.82, 2.24) is 4.98 Å². The summed E-state index contributed by atoms with van der Waals surface area (Å²) in [7, 11) is 2.01. The second-order valence-electron chi connectivity index (χ2n) is 5.52. The van der Waals surface area contributed by atoms with Crippen LogP contribution in [-0.4, -0.2) is 29.8 Å². The highest BCUT2D eigenvalue weighted by molar-refractivity contribution is 5.94. The van der Waals surface area contributed by atoms with Gasteiger partial charge in [-0.05, 0) is 24.8 Å². The molecule has 3 rings (SSSR count).